The Hall–Kier alpha value is -3.13. The van der Waals surface area contributed by atoms with Gasteiger partial charge in [-0.2, -0.15) is 5.10 Å². The van der Waals surface area contributed by atoms with Gasteiger partial charge in [0.05, 0.1) is 22.4 Å². The zero-order valence-corrected chi connectivity index (χ0v) is 13.0. The molecule has 24 heavy (non-hydrogen) atoms. The van der Waals surface area contributed by atoms with Gasteiger partial charge in [-0.05, 0) is 12.1 Å². The van der Waals surface area contributed by atoms with Crippen LogP contribution in [-0.4, -0.2) is 16.1 Å². The molecule has 0 amide bonds. The standard InChI is InChI=1S/C16H11FN4O2S/c17-13-6-7-15(21(22)23)12(8-13)9-18-20-16-19-14(10-24-16)11-4-2-1-3-5-11/h1-10H,(H,19,20). The smallest absolute Gasteiger partial charge is 0.258 e. The Kier molecular flexibility index (Phi) is 4.57. The van der Waals surface area contributed by atoms with Crippen molar-refractivity contribution in [3.8, 4) is 11.3 Å². The molecule has 0 aliphatic carbocycles. The molecule has 120 valence electrons. The first-order chi connectivity index (χ1) is 11.6. The van der Waals surface area contributed by atoms with E-state index in [4.69, 9.17) is 0 Å². The number of benzene rings is 2. The molecule has 0 spiro atoms. The number of nitrogens with zero attached hydrogens (tertiary/aromatic N) is 3. The molecule has 3 rings (SSSR count). The summed E-state index contributed by atoms with van der Waals surface area (Å²) in [5, 5.41) is 17.2. The second kappa shape index (κ2) is 6.97. The van der Waals surface area contributed by atoms with E-state index < -0.39 is 10.7 Å². The quantitative estimate of drug-likeness (QED) is 0.426. The minimum atomic E-state index is -0.586. The minimum Gasteiger partial charge on any atom is -0.258 e. The van der Waals surface area contributed by atoms with Gasteiger partial charge < -0.3 is 0 Å². The Balaban J connectivity index is 1.75. The fourth-order valence-corrected chi connectivity index (χ4v) is 2.69. The lowest BCUT2D eigenvalue weighted by Crippen LogP contribution is -1.97. The topological polar surface area (TPSA) is 80.4 Å². The summed E-state index contributed by atoms with van der Waals surface area (Å²) in [6.45, 7) is 0. The van der Waals surface area contributed by atoms with E-state index in [0.717, 1.165) is 29.5 Å². The largest absolute Gasteiger partial charge is 0.278 e. The van der Waals surface area contributed by atoms with E-state index in [-0.39, 0.29) is 11.3 Å². The molecule has 0 fully saturated rings. The van der Waals surface area contributed by atoms with E-state index >= 15 is 0 Å². The monoisotopic (exact) mass is 342 g/mol. The van der Waals surface area contributed by atoms with Crippen LogP contribution in [0.4, 0.5) is 15.2 Å². The van der Waals surface area contributed by atoms with Crippen molar-refractivity contribution in [1.82, 2.24) is 4.98 Å². The van der Waals surface area contributed by atoms with Crippen molar-refractivity contribution in [2.45, 2.75) is 0 Å². The van der Waals surface area contributed by atoms with Crippen molar-refractivity contribution in [3.05, 3.63) is 75.4 Å². The number of hydrazone groups is 1. The highest BCUT2D eigenvalue weighted by Gasteiger charge is 2.12. The molecule has 1 aromatic heterocycles. The van der Waals surface area contributed by atoms with Gasteiger partial charge in [-0.15, -0.1) is 11.3 Å². The maximum Gasteiger partial charge on any atom is 0.278 e. The van der Waals surface area contributed by atoms with E-state index in [0.29, 0.717) is 5.13 Å². The van der Waals surface area contributed by atoms with E-state index in [2.05, 4.69) is 15.5 Å². The molecule has 0 saturated heterocycles. The molecule has 0 bridgehead atoms. The molecule has 3 aromatic rings. The summed E-state index contributed by atoms with van der Waals surface area (Å²) in [6, 6.07) is 12.8. The molecule has 0 saturated carbocycles. The SMILES string of the molecule is O=[N+]([O-])c1ccc(F)cc1C=NNc1nc(-c2ccccc2)cs1. The summed E-state index contributed by atoms with van der Waals surface area (Å²) in [7, 11) is 0. The third-order valence-electron chi connectivity index (χ3n) is 3.12. The summed E-state index contributed by atoms with van der Waals surface area (Å²) < 4.78 is 13.2. The van der Waals surface area contributed by atoms with Crippen LogP contribution in [0.5, 0.6) is 0 Å². The van der Waals surface area contributed by atoms with Gasteiger partial charge in [0.15, 0.2) is 0 Å². The van der Waals surface area contributed by atoms with Crippen LogP contribution in [0.3, 0.4) is 0 Å². The third kappa shape index (κ3) is 3.61. The fraction of sp³-hybridized carbons (Fsp3) is 0. The third-order valence-corrected chi connectivity index (χ3v) is 3.87. The lowest BCUT2D eigenvalue weighted by Gasteiger charge is -1.98. The predicted octanol–water partition coefficient (Wildman–Crippen LogP) is 4.30. The second-order valence-corrected chi connectivity index (χ2v) is 5.59. The van der Waals surface area contributed by atoms with Crippen LogP contribution < -0.4 is 5.43 Å². The van der Waals surface area contributed by atoms with Crippen LogP contribution in [0, 0.1) is 15.9 Å². The van der Waals surface area contributed by atoms with Gasteiger partial charge in [-0.25, -0.2) is 9.37 Å². The first kappa shape index (κ1) is 15.8. The van der Waals surface area contributed by atoms with Crippen molar-refractivity contribution in [2.75, 3.05) is 5.43 Å². The van der Waals surface area contributed by atoms with E-state index in [1.165, 1.54) is 17.6 Å². The van der Waals surface area contributed by atoms with Gasteiger partial charge >= 0.3 is 0 Å². The first-order valence-electron chi connectivity index (χ1n) is 6.87. The summed E-state index contributed by atoms with van der Waals surface area (Å²) in [4.78, 5) is 14.7. The van der Waals surface area contributed by atoms with Crippen molar-refractivity contribution < 1.29 is 9.31 Å². The minimum absolute atomic E-state index is 0.0762. The van der Waals surface area contributed by atoms with E-state index in [1.54, 1.807) is 0 Å². The van der Waals surface area contributed by atoms with E-state index in [9.17, 15) is 14.5 Å². The summed E-state index contributed by atoms with van der Waals surface area (Å²) in [6.07, 6.45) is 1.20. The van der Waals surface area contributed by atoms with Gasteiger partial charge in [0.2, 0.25) is 5.13 Å². The van der Waals surface area contributed by atoms with Gasteiger partial charge in [-0.1, -0.05) is 30.3 Å². The normalized spacial score (nSPS) is 10.9. The van der Waals surface area contributed by atoms with Crippen LogP contribution in [0.1, 0.15) is 5.56 Å². The summed E-state index contributed by atoms with van der Waals surface area (Å²) >= 11 is 1.35. The Bertz CT molecular complexity index is 896. The number of anilines is 1. The van der Waals surface area contributed by atoms with Crippen molar-refractivity contribution in [3.63, 3.8) is 0 Å². The Morgan fingerprint density at radius 1 is 1.25 bits per heavy atom. The zero-order chi connectivity index (χ0) is 16.9. The Morgan fingerprint density at radius 2 is 2.04 bits per heavy atom. The van der Waals surface area contributed by atoms with Crippen molar-refractivity contribution in [2.24, 2.45) is 5.10 Å². The van der Waals surface area contributed by atoms with Crippen LogP contribution in [-0.2, 0) is 0 Å². The molecule has 0 radical (unpaired) electrons. The maximum atomic E-state index is 13.2. The number of nitro benzene ring substituents is 1. The molecular formula is C16H11FN4O2S. The molecule has 0 unspecified atom stereocenters. The average molecular weight is 342 g/mol. The van der Waals surface area contributed by atoms with Crippen molar-refractivity contribution in [1.29, 1.82) is 0 Å². The molecule has 1 heterocycles. The fourth-order valence-electron chi connectivity index (χ4n) is 2.02. The van der Waals surface area contributed by atoms with Crippen LogP contribution in [0.2, 0.25) is 0 Å². The first-order valence-corrected chi connectivity index (χ1v) is 7.75. The highest BCUT2D eigenvalue weighted by Crippen LogP contribution is 2.24. The summed E-state index contributed by atoms with van der Waals surface area (Å²) in [5.41, 5.74) is 4.34. The predicted molar refractivity (Wildman–Crippen MR) is 91.8 cm³/mol. The second-order valence-electron chi connectivity index (χ2n) is 4.73. The van der Waals surface area contributed by atoms with Gasteiger partial charge in [-0.3, -0.25) is 15.5 Å². The number of hydrogen-bond donors (Lipinski definition) is 1. The number of halogens is 1. The maximum absolute atomic E-state index is 13.2. The lowest BCUT2D eigenvalue weighted by atomic mass is 10.2. The summed E-state index contributed by atoms with van der Waals surface area (Å²) in [5.74, 6) is -0.567. The molecule has 8 heteroatoms. The van der Waals surface area contributed by atoms with Crippen LogP contribution in [0.25, 0.3) is 11.3 Å². The highest BCUT2D eigenvalue weighted by atomic mass is 32.1. The number of hydrogen-bond acceptors (Lipinski definition) is 6. The lowest BCUT2D eigenvalue weighted by molar-refractivity contribution is -0.385. The van der Waals surface area contributed by atoms with Crippen molar-refractivity contribution >= 4 is 28.4 Å². The van der Waals surface area contributed by atoms with Crippen LogP contribution >= 0.6 is 11.3 Å². The molecule has 6 nitrogen and oxygen atoms in total. The molecular weight excluding hydrogens is 331 g/mol. The number of thiazole rings is 1. The molecule has 0 aliphatic rings. The number of aromatic nitrogens is 1. The zero-order valence-electron chi connectivity index (χ0n) is 12.2. The van der Waals surface area contributed by atoms with Gasteiger partial charge in [0.25, 0.3) is 5.69 Å². The highest BCUT2D eigenvalue weighted by molar-refractivity contribution is 7.14. The number of nitro groups is 1. The molecule has 1 N–H and O–H groups in total. The Labute approximate surface area is 140 Å². The van der Waals surface area contributed by atoms with E-state index in [1.807, 2.05) is 35.7 Å². The molecule has 0 atom stereocenters. The average Bonchev–Trinajstić information content (AvgIpc) is 3.04. The number of nitrogens with one attached hydrogen (secondary N) is 1. The van der Waals surface area contributed by atoms with Crippen LogP contribution in [0.15, 0.2) is 59.0 Å². The van der Waals surface area contributed by atoms with Gasteiger partial charge in [0, 0.05) is 17.0 Å². The Morgan fingerprint density at radius 3 is 2.79 bits per heavy atom. The van der Waals surface area contributed by atoms with Gasteiger partial charge in [0.1, 0.15) is 5.82 Å². The number of rotatable bonds is 5. The molecule has 2 aromatic carbocycles. The molecule has 0 aliphatic heterocycles.